The fourth-order valence-corrected chi connectivity index (χ4v) is 3.60. The number of hydrogen-bond acceptors (Lipinski definition) is 3. The fourth-order valence-electron chi connectivity index (χ4n) is 3.60. The second kappa shape index (κ2) is 5.48. The van der Waals surface area contributed by atoms with Gasteiger partial charge in [0, 0.05) is 11.6 Å². The first kappa shape index (κ1) is 14.3. The summed E-state index contributed by atoms with van der Waals surface area (Å²) in [7, 11) is 0. The van der Waals surface area contributed by atoms with Crippen LogP contribution in [0.3, 0.4) is 0 Å². The first-order valence-electron chi connectivity index (χ1n) is 7.64. The summed E-state index contributed by atoms with van der Waals surface area (Å²) in [5, 5.41) is 9.44. The molecule has 0 spiro atoms. The van der Waals surface area contributed by atoms with E-state index in [0.29, 0.717) is 11.5 Å². The summed E-state index contributed by atoms with van der Waals surface area (Å²) in [6.45, 7) is 7.32. The monoisotopic (exact) mass is 254 g/mol. The van der Waals surface area contributed by atoms with E-state index in [1.54, 1.807) is 0 Å². The van der Waals surface area contributed by atoms with Crippen molar-refractivity contribution in [2.75, 3.05) is 19.7 Å². The van der Waals surface area contributed by atoms with Crippen molar-refractivity contribution in [1.29, 1.82) is 0 Å². The molecule has 2 atom stereocenters. The van der Waals surface area contributed by atoms with Crippen LogP contribution >= 0.6 is 0 Å². The average Bonchev–Trinajstić information content (AvgIpc) is 2.40. The maximum atomic E-state index is 9.44. The largest absolute Gasteiger partial charge is 0.394 e. The van der Waals surface area contributed by atoms with Gasteiger partial charge in [-0.15, -0.1) is 0 Å². The van der Waals surface area contributed by atoms with Crippen LogP contribution < -0.4 is 5.73 Å². The molecule has 1 saturated heterocycles. The lowest BCUT2D eigenvalue weighted by Gasteiger charge is -2.46. The van der Waals surface area contributed by atoms with Crippen molar-refractivity contribution in [2.45, 2.75) is 70.4 Å². The third-order valence-electron chi connectivity index (χ3n) is 5.54. The van der Waals surface area contributed by atoms with Crippen LogP contribution in [0, 0.1) is 5.41 Å². The van der Waals surface area contributed by atoms with Crippen LogP contribution in [0.15, 0.2) is 0 Å². The van der Waals surface area contributed by atoms with Crippen LogP contribution in [-0.4, -0.2) is 41.3 Å². The Labute approximate surface area is 112 Å². The maximum Gasteiger partial charge on any atom is 0.0611 e. The fraction of sp³-hybridized carbons (Fsp3) is 1.00. The SMILES string of the molecule is CCC1(C)CCN(C2CCCC(N)(CO)C2)CC1. The summed E-state index contributed by atoms with van der Waals surface area (Å²) in [6.07, 6.45) is 8.33. The Morgan fingerprint density at radius 2 is 1.94 bits per heavy atom. The van der Waals surface area contributed by atoms with Gasteiger partial charge in [0.2, 0.25) is 0 Å². The molecular formula is C15H30N2O. The zero-order valence-electron chi connectivity index (χ0n) is 12.1. The molecule has 2 aliphatic rings. The number of piperidine rings is 1. The second-order valence-corrected chi connectivity index (χ2v) is 6.97. The van der Waals surface area contributed by atoms with Gasteiger partial charge in [-0.3, -0.25) is 0 Å². The molecule has 1 aliphatic heterocycles. The Hall–Kier alpha value is -0.120. The Morgan fingerprint density at radius 3 is 2.50 bits per heavy atom. The Kier molecular flexibility index (Phi) is 4.35. The van der Waals surface area contributed by atoms with Crippen molar-refractivity contribution in [2.24, 2.45) is 11.1 Å². The summed E-state index contributed by atoms with van der Waals surface area (Å²) >= 11 is 0. The topological polar surface area (TPSA) is 49.5 Å². The number of aliphatic hydroxyl groups excluding tert-OH is 1. The molecule has 1 aliphatic carbocycles. The van der Waals surface area contributed by atoms with Crippen molar-refractivity contribution in [3.8, 4) is 0 Å². The van der Waals surface area contributed by atoms with E-state index < -0.39 is 0 Å². The summed E-state index contributed by atoms with van der Waals surface area (Å²) in [6, 6.07) is 0.609. The van der Waals surface area contributed by atoms with Gasteiger partial charge in [-0.2, -0.15) is 0 Å². The van der Waals surface area contributed by atoms with Gasteiger partial charge in [-0.25, -0.2) is 0 Å². The summed E-state index contributed by atoms with van der Waals surface area (Å²) in [5.41, 5.74) is 6.50. The molecule has 1 saturated carbocycles. The summed E-state index contributed by atoms with van der Waals surface area (Å²) in [5.74, 6) is 0. The molecule has 0 amide bonds. The molecule has 18 heavy (non-hydrogen) atoms. The van der Waals surface area contributed by atoms with Crippen molar-refractivity contribution in [1.82, 2.24) is 4.90 Å². The molecule has 2 rings (SSSR count). The van der Waals surface area contributed by atoms with Crippen LogP contribution in [-0.2, 0) is 0 Å². The van der Waals surface area contributed by atoms with E-state index in [-0.39, 0.29) is 12.1 Å². The van der Waals surface area contributed by atoms with E-state index in [4.69, 9.17) is 5.73 Å². The number of nitrogens with zero attached hydrogens (tertiary/aromatic N) is 1. The van der Waals surface area contributed by atoms with E-state index in [0.717, 1.165) is 12.8 Å². The van der Waals surface area contributed by atoms with Gasteiger partial charge in [0.1, 0.15) is 0 Å². The summed E-state index contributed by atoms with van der Waals surface area (Å²) in [4.78, 5) is 2.63. The van der Waals surface area contributed by atoms with Gasteiger partial charge in [-0.1, -0.05) is 20.3 Å². The highest BCUT2D eigenvalue weighted by Crippen LogP contribution is 2.37. The minimum Gasteiger partial charge on any atom is -0.394 e. The minimum absolute atomic E-state index is 0.143. The van der Waals surface area contributed by atoms with Crippen LogP contribution in [0.2, 0.25) is 0 Å². The first-order chi connectivity index (χ1) is 8.50. The number of aliphatic hydroxyl groups is 1. The van der Waals surface area contributed by atoms with Gasteiger partial charge in [-0.05, 0) is 57.0 Å². The lowest BCUT2D eigenvalue weighted by atomic mass is 9.75. The number of nitrogens with two attached hydrogens (primary N) is 1. The van der Waals surface area contributed by atoms with Crippen LogP contribution in [0.1, 0.15) is 58.8 Å². The van der Waals surface area contributed by atoms with Crippen LogP contribution in [0.5, 0.6) is 0 Å². The average molecular weight is 254 g/mol. The Bertz CT molecular complexity index is 274. The van der Waals surface area contributed by atoms with Gasteiger partial charge < -0.3 is 15.7 Å². The Balaban J connectivity index is 1.90. The van der Waals surface area contributed by atoms with E-state index in [2.05, 4.69) is 18.7 Å². The standard InChI is InChI=1S/C15H30N2O/c1-3-14(2)7-9-17(10-8-14)13-5-4-6-15(16,11-13)12-18/h13,18H,3-12,16H2,1-2H3. The molecule has 0 aromatic carbocycles. The molecule has 1 heterocycles. The molecule has 3 N–H and O–H groups in total. The zero-order valence-corrected chi connectivity index (χ0v) is 12.1. The minimum atomic E-state index is -0.311. The molecule has 2 unspecified atom stereocenters. The molecule has 0 bridgehead atoms. The van der Waals surface area contributed by atoms with Gasteiger partial charge >= 0.3 is 0 Å². The lowest BCUT2D eigenvalue weighted by molar-refractivity contribution is 0.0366. The third kappa shape index (κ3) is 3.06. The molecule has 0 aromatic rings. The molecule has 3 nitrogen and oxygen atoms in total. The highest BCUT2D eigenvalue weighted by Gasteiger charge is 2.37. The van der Waals surface area contributed by atoms with E-state index in [9.17, 15) is 5.11 Å². The highest BCUT2D eigenvalue weighted by atomic mass is 16.3. The summed E-state index contributed by atoms with van der Waals surface area (Å²) < 4.78 is 0. The predicted molar refractivity (Wildman–Crippen MR) is 75.5 cm³/mol. The van der Waals surface area contributed by atoms with Crippen molar-refractivity contribution < 1.29 is 5.11 Å². The normalized spacial score (nSPS) is 37.7. The molecule has 106 valence electrons. The van der Waals surface area contributed by atoms with Crippen LogP contribution in [0.4, 0.5) is 0 Å². The van der Waals surface area contributed by atoms with Gasteiger partial charge in [0.25, 0.3) is 0 Å². The van der Waals surface area contributed by atoms with Crippen molar-refractivity contribution in [3.05, 3.63) is 0 Å². The van der Waals surface area contributed by atoms with E-state index >= 15 is 0 Å². The third-order valence-corrected chi connectivity index (χ3v) is 5.54. The Morgan fingerprint density at radius 1 is 1.28 bits per heavy atom. The lowest BCUT2D eigenvalue weighted by Crippen LogP contribution is -2.54. The molecule has 0 aromatic heterocycles. The number of hydrogen-bond donors (Lipinski definition) is 2. The van der Waals surface area contributed by atoms with E-state index in [1.165, 1.54) is 45.2 Å². The molecular weight excluding hydrogens is 224 g/mol. The number of rotatable bonds is 3. The van der Waals surface area contributed by atoms with E-state index in [1.807, 2.05) is 0 Å². The van der Waals surface area contributed by atoms with Gasteiger partial charge in [0.05, 0.1) is 6.61 Å². The van der Waals surface area contributed by atoms with Gasteiger partial charge in [0.15, 0.2) is 0 Å². The highest BCUT2D eigenvalue weighted by molar-refractivity contribution is 4.95. The smallest absolute Gasteiger partial charge is 0.0611 e. The van der Waals surface area contributed by atoms with Crippen molar-refractivity contribution >= 4 is 0 Å². The first-order valence-corrected chi connectivity index (χ1v) is 7.64. The molecule has 3 heteroatoms. The zero-order chi connectivity index (χ0) is 13.2. The molecule has 2 fully saturated rings. The predicted octanol–water partition coefficient (Wildman–Crippen LogP) is 2.13. The van der Waals surface area contributed by atoms with Crippen molar-refractivity contribution in [3.63, 3.8) is 0 Å². The number of likely N-dealkylation sites (tertiary alicyclic amines) is 1. The second-order valence-electron chi connectivity index (χ2n) is 6.97. The van der Waals surface area contributed by atoms with Crippen LogP contribution in [0.25, 0.3) is 0 Å². The maximum absolute atomic E-state index is 9.44. The quantitative estimate of drug-likeness (QED) is 0.811. The molecule has 0 radical (unpaired) electrons.